The summed E-state index contributed by atoms with van der Waals surface area (Å²) < 4.78 is 4.83. The zero-order chi connectivity index (χ0) is 34.9. The Kier molecular flexibility index (Phi) is 6.90. The molecular formula is C48H29N3S2. The van der Waals surface area contributed by atoms with E-state index in [0.717, 1.165) is 37.9 Å². The van der Waals surface area contributed by atoms with Crippen molar-refractivity contribution >= 4 is 75.7 Å². The number of fused-ring (bicyclic) bond motifs is 7. The van der Waals surface area contributed by atoms with E-state index in [1.54, 1.807) is 22.7 Å². The fourth-order valence-electron chi connectivity index (χ4n) is 7.66. The topological polar surface area (TPSA) is 30.7 Å². The van der Waals surface area contributed by atoms with Gasteiger partial charge in [0.2, 0.25) is 0 Å². The van der Waals surface area contributed by atoms with E-state index in [9.17, 15) is 0 Å². The standard InChI is InChI=1S/C48H29N3S2/c1-2-8-37(9-3-1)51-42-26-23-35(31-16-20-33(21-17-31)48-50-41-11-5-7-13-45(41)53-48)29-39(42)46-38-25-22-34(28-36(38)24-27-43(46)51)30-14-18-32(19-15-30)47-49-40-10-4-6-12-44(40)52-47/h1-29H. The SMILES string of the molecule is c1ccc(-n2c3ccc(-c4ccc(-c5nc6ccccc6s5)cc4)cc3c3c4ccc(-c5ccc(-c6nc7ccccc7s6)cc5)cc4ccc32)cc1. The van der Waals surface area contributed by atoms with Crippen LogP contribution in [0.5, 0.6) is 0 Å². The van der Waals surface area contributed by atoms with Crippen LogP contribution in [0.25, 0.3) is 102 Å². The zero-order valence-corrected chi connectivity index (χ0v) is 30.0. The van der Waals surface area contributed by atoms with E-state index in [1.807, 2.05) is 12.1 Å². The molecule has 3 heterocycles. The van der Waals surface area contributed by atoms with Crippen LogP contribution < -0.4 is 0 Å². The molecule has 0 unspecified atom stereocenters. The highest BCUT2D eigenvalue weighted by molar-refractivity contribution is 7.22. The highest BCUT2D eigenvalue weighted by atomic mass is 32.1. The average Bonchev–Trinajstić information content (AvgIpc) is 3.95. The van der Waals surface area contributed by atoms with Gasteiger partial charge < -0.3 is 4.57 Å². The van der Waals surface area contributed by atoms with Gasteiger partial charge in [0.25, 0.3) is 0 Å². The highest BCUT2D eigenvalue weighted by Crippen LogP contribution is 2.41. The van der Waals surface area contributed by atoms with Crippen LogP contribution >= 0.6 is 22.7 Å². The first-order valence-electron chi connectivity index (χ1n) is 17.7. The van der Waals surface area contributed by atoms with Gasteiger partial charge in [0.15, 0.2) is 0 Å². The fraction of sp³-hybridized carbons (Fsp3) is 0. The smallest absolute Gasteiger partial charge is 0.124 e. The molecule has 0 radical (unpaired) electrons. The van der Waals surface area contributed by atoms with Crippen molar-refractivity contribution in [2.24, 2.45) is 0 Å². The van der Waals surface area contributed by atoms with Gasteiger partial charge >= 0.3 is 0 Å². The van der Waals surface area contributed by atoms with E-state index >= 15 is 0 Å². The molecule has 0 saturated heterocycles. The van der Waals surface area contributed by atoms with E-state index in [4.69, 9.17) is 9.97 Å². The maximum atomic E-state index is 4.88. The van der Waals surface area contributed by atoms with Gasteiger partial charge in [0, 0.05) is 27.6 Å². The fourth-order valence-corrected chi connectivity index (χ4v) is 9.61. The van der Waals surface area contributed by atoms with Crippen LogP contribution in [0.3, 0.4) is 0 Å². The quantitative estimate of drug-likeness (QED) is 0.178. The van der Waals surface area contributed by atoms with Crippen molar-refractivity contribution in [2.45, 2.75) is 0 Å². The van der Waals surface area contributed by atoms with Crippen molar-refractivity contribution in [3.8, 4) is 49.1 Å². The van der Waals surface area contributed by atoms with Gasteiger partial charge in [-0.15, -0.1) is 22.7 Å². The monoisotopic (exact) mass is 711 g/mol. The highest BCUT2D eigenvalue weighted by Gasteiger charge is 2.17. The molecular weight excluding hydrogens is 683 g/mol. The summed E-state index contributed by atoms with van der Waals surface area (Å²) in [7, 11) is 0. The minimum Gasteiger partial charge on any atom is -0.309 e. The second kappa shape index (κ2) is 12.1. The minimum atomic E-state index is 1.05. The second-order valence-electron chi connectivity index (χ2n) is 13.4. The molecule has 8 aromatic carbocycles. The summed E-state index contributed by atoms with van der Waals surface area (Å²) in [4.78, 5) is 9.75. The molecule has 0 amide bonds. The lowest BCUT2D eigenvalue weighted by Gasteiger charge is -2.09. The van der Waals surface area contributed by atoms with Crippen molar-refractivity contribution < 1.29 is 0 Å². The summed E-state index contributed by atoms with van der Waals surface area (Å²) in [5.41, 5.74) is 12.7. The number of benzene rings is 8. The van der Waals surface area contributed by atoms with Gasteiger partial charge in [-0.05, 0) is 93.7 Å². The van der Waals surface area contributed by atoms with Gasteiger partial charge in [0.1, 0.15) is 10.0 Å². The lowest BCUT2D eigenvalue weighted by Crippen LogP contribution is -1.93. The van der Waals surface area contributed by atoms with Crippen LogP contribution in [-0.4, -0.2) is 14.5 Å². The second-order valence-corrected chi connectivity index (χ2v) is 15.5. The molecule has 3 nitrogen and oxygen atoms in total. The van der Waals surface area contributed by atoms with E-state index in [0.29, 0.717) is 0 Å². The molecule has 248 valence electrons. The Morgan fingerprint density at radius 1 is 0.377 bits per heavy atom. The predicted octanol–water partition coefficient (Wildman–Crippen LogP) is 13.8. The third-order valence-electron chi connectivity index (χ3n) is 10.3. The van der Waals surface area contributed by atoms with Gasteiger partial charge in [-0.2, -0.15) is 0 Å². The number of nitrogens with zero attached hydrogens (tertiary/aromatic N) is 3. The molecule has 11 aromatic rings. The van der Waals surface area contributed by atoms with E-state index in [2.05, 4.69) is 168 Å². The molecule has 5 heteroatoms. The summed E-state index contributed by atoms with van der Waals surface area (Å²) in [5, 5.41) is 7.09. The number of hydrogen-bond donors (Lipinski definition) is 0. The summed E-state index contributed by atoms with van der Waals surface area (Å²) in [6.45, 7) is 0. The average molecular weight is 712 g/mol. The lowest BCUT2D eigenvalue weighted by molar-refractivity contribution is 1.18. The van der Waals surface area contributed by atoms with Crippen LogP contribution in [-0.2, 0) is 0 Å². The Morgan fingerprint density at radius 3 is 1.51 bits per heavy atom. The van der Waals surface area contributed by atoms with Crippen LogP contribution in [0.2, 0.25) is 0 Å². The van der Waals surface area contributed by atoms with Crippen LogP contribution in [0, 0.1) is 0 Å². The first-order chi connectivity index (χ1) is 26.2. The van der Waals surface area contributed by atoms with Crippen molar-refractivity contribution in [3.05, 3.63) is 176 Å². The van der Waals surface area contributed by atoms with Gasteiger partial charge in [-0.1, -0.05) is 115 Å². The lowest BCUT2D eigenvalue weighted by atomic mass is 9.96. The maximum absolute atomic E-state index is 4.88. The van der Waals surface area contributed by atoms with Gasteiger partial charge in [-0.25, -0.2) is 9.97 Å². The molecule has 0 aliphatic heterocycles. The Hall–Kier alpha value is -6.40. The predicted molar refractivity (Wildman–Crippen MR) is 226 cm³/mol. The largest absolute Gasteiger partial charge is 0.309 e. The van der Waals surface area contributed by atoms with E-state index in [-0.39, 0.29) is 0 Å². The normalized spacial score (nSPS) is 11.8. The van der Waals surface area contributed by atoms with Crippen molar-refractivity contribution in [1.29, 1.82) is 0 Å². The summed E-state index contributed by atoms with van der Waals surface area (Å²) in [6.07, 6.45) is 0. The van der Waals surface area contributed by atoms with Gasteiger partial charge in [0.05, 0.1) is 31.5 Å². The first-order valence-corrected chi connectivity index (χ1v) is 19.4. The summed E-state index contributed by atoms with van der Waals surface area (Å²) >= 11 is 3.48. The van der Waals surface area contributed by atoms with Crippen molar-refractivity contribution in [3.63, 3.8) is 0 Å². The minimum absolute atomic E-state index is 1.05. The number of rotatable bonds is 5. The molecule has 0 atom stereocenters. The maximum Gasteiger partial charge on any atom is 0.124 e. The zero-order valence-electron chi connectivity index (χ0n) is 28.4. The number of hydrogen-bond acceptors (Lipinski definition) is 4. The molecule has 0 N–H and O–H groups in total. The molecule has 11 rings (SSSR count). The Balaban J connectivity index is 1.01. The van der Waals surface area contributed by atoms with Gasteiger partial charge in [-0.3, -0.25) is 0 Å². The third-order valence-corrected chi connectivity index (χ3v) is 12.4. The Bertz CT molecular complexity index is 3090. The Labute approximate surface area is 313 Å². The van der Waals surface area contributed by atoms with E-state index < -0.39 is 0 Å². The van der Waals surface area contributed by atoms with Crippen LogP contribution in [0.4, 0.5) is 0 Å². The molecule has 0 fully saturated rings. The first kappa shape index (κ1) is 30.2. The van der Waals surface area contributed by atoms with Crippen molar-refractivity contribution in [1.82, 2.24) is 14.5 Å². The number of para-hydroxylation sites is 3. The molecule has 53 heavy (non-hydrogen) atoms. The molecule has 3 aromatic heterocycles. The molecule has 0 aliphatic carbocycles. The Morgan fingerprint density at radius 2 is 0.887 bits per heavy atom. The van der Waals surface area contributed by atoms with Crippen LogP contribution in [0.1, 0.15) is 0 Å². The summed E-state index contributed by atoms with van der Waals surface area (Å²) in [6, 6.07) is 63.4. The third kappa shape index (κ3) is 5.08. The molecule has 0 saturated carbocycles. The molecule has 0 bridgehead atoms. The number of thiazole rings is 2. The molecule has 0 aliphatic rings. The number of aromatic nitrogens is 3. The summed E-state index contributed by atoms with van der Waals surface area (Å²) in [5.74, 6) is 0. The van der Waals surface area contributed by atoms with Crippen molar-refractivity contribution in [2.75, 3.05) is 0 Å². The van der Waals surface area contributed by atoms with E-state index in [1.165, 1.54) is 64.2 Å². The van der Waals surface area contributed by atoms with Crippen LogP contribution in [0.15, 0.2) is 176 Å². The molecule has 0 spiro atoms.